The number of carbonyl (C=O) groups is 6. The molecule has 0 radical (unpaired) electrons. The number of benzene rings is 1. The molecule has 40 heavy (non-hydrogen) atoms. The molecule has 0 aliphatic rings. The molecule has 4 unspecified atom stereocenters. The Morgan fingerprint density at radius 2 is 1.55 bits per heavy atom. The lowest BCUT2D eigenvalue weighted by atomic mass is 10.0. The number of amides is 4. The number of H-pyrrole nitrogens is 1. The minimum atomic E-state index is -1.58. The number of nitrogens with two attached hydrogens (primary N) is 2. The molecule has 0 spiro atoms. The molecule has 1 aromatic carbocycles. The third-order valence-electron chi connectivity index (χ3n) is 5.99. The van der Waals surface area contributed by atoms with Gasteiger partial charge in [0.25, 0.3) is 0 Å². The molecule has 0 saturated heterocycles. The van der Waals surface area contributed by atoms with E-state index in [2.05, 4.69) is 20.9 Å². The number of para-hydroxylation sites is 1. The van der Waals surface area contributed by atoms with Crippen molar-refractivity contribution in [2.45, 2.75) is 56.3 Å². The summed E-state index contributed by atoms with van der Waals surface area (Å²) in [5.74, 6) is -5.72. The van der Waals surface area contributed by atoms with Gasteiger partial charge < -0.3 is 42.6 Å². The molecular weight excluding hydrogens is 544 g/mol. The molecule has 1 heterocycles. The van der Waals surface area contributed by atoms with Gasteiger partial charge in [-0.15, -0.1) is 0 Å². The van der Waals surface area contributed by atoms with Crippen LogP contribution in [-0.4, -0.2) is 86.9 Å². The molecule has 4 atom stereocenters. The molecule has 0 fully saturated rings. The highest BCUT2D eigenvalue weighted by atomic mass is 32.2. The van der Waals surface area contributed by atoms with Crippen LogP contribution in [-0.2, 0) is 35.2 Å². The Labute approximate surface area is 234 Å². The lowest BCUT2D eigenvalue weighted by Gasteiger charge is -2.24. The van der Waals surface area contributed by atoms with Crippen molar-refractivity contribution in [2.24, 2.45) is 11.5 Å². The summed E-state index contributed by atoms with van der Waals surface area (Å²) in [5, 5.41) is 26.1. The molecule has 218 valence electrons. The van der Waals surface area contributed by atoms with Crippen molar-refractivity contribution in [1.29, 1.82) is 0 Å². The van der Waals surface area contributed by atoms with Crippen LogP contribution in [0.1, 0.15) is 31.2 Å². The first-order chi connectivity index (χ1) is 18.9. The molecule has 0 aliphatic carbocycles. The number of nitrogens with one attached hydrogen (secondary N) is 4. The summed E-state index contributed by atoms with van der Waals surface area (Å²) in [4.78, 5) is 75.8. The number of aromatic amines is 1. The second-order valence-corrected chi connectivity index (χ2v) is 10.1. The summed E-state index contributed by atoms with van der Waals surface area (Å²) in [5.41, 5.74) is 13.1. The minimum absolute atomic E-state index is 0.166. The number of aliphatic carboxylic acids is 2. The Morgan fingerprint density at radius 1 is 0.925 bits per heavy atom. The van der Waals surface area contributed by atoms with Crippen LogP contribution in [0.15, 0.2) is 30.5 Å². The van der Waals surface area contributed by atoms with Crippen LogP contribution in [0, 0.1) is 0 Å². The molecule has 4 amide bonds. The van der Waals surface area contributed by atoms with E-state index in [1.165, 1.54) is 11.8 Å². The topological polar surface area (TPSA) is 247 Å². The molecule has 2 rings (SSSR count). The Bertz CT molecular complexity index is 1230. The molecule has 15 heteroatoms. The number of fused-ring (bicyclic) bond motifs is 1. The maximum atomic E-state index is 13.1. The molecule has 10 N–H and O–H groups in total. The molecule has 1 aromatic heterocycles. The van der Waals surface area contributed by atoms with Crippen molar-refractivity contribution in [3.8, 4) is 0 Å². The third kappa shape index (κ3) is 9.89. The lowest BCUT2D eigenvalue weighted by Crippen LogP contribution is -2.58. The van der Waals surface area contributed by atoms with Crippen molar-refractivity contribution >= 4 is 58.2 Å². The lowest BCUT2D eigenvalue weighted by molar-refractivity contribution is -0.143. The van der Waals surface area contributed by atoms with E-state index in [1.807, 2.05) is 24.3 Å². The van der Waals surface area contributed by atoms with Gasteiger partial charge in [0.15, 0.2) is 0 Å². The van der Waals surface area contributed by atoms with E-state index < -0.39 is 79.0 Å². The Hall–Kier alpha value is -4.11. The minimum Gasteiger partial charge on any atom is -0.481 e. The smallest absolute Gasteiger partial charge is 0.326 e. The second kappa shape index (κ2) is 15.5. The summed E-state index contributed by atoms with van der Waals surface area (Å²) in [6.07, 6.45) is 2.29. The fraction of sp³-hybridized carbons (Fsp3) is 0.440. The SMILES string of the molecule is CSCCC(NC(=O)C(N)Cc1c[nH]c2ccccc12)C(=O)NC(CC(N)=O)C(=O)NC(CCC(=O)O)C(=O)O. The Balaban J connectivity index is 2.12. The van der Waals surface area contributed by atoms with Gasteiger partial charge in [-0.3, -0.25) is 24.0 Å². The van der Waals surface area contributed by atoms with Crippen LogP contribution in [0.2, 0.25) is 0 Å². The van der Waals surface area contributed by atoms with Crippen LogP contribution < -0.4 is 27.4 Å². The van der Waals surface area contributed by atoms with Gasteiger partial charge >= 0.3 is 11.9 Å². The summed E-state index contributed by atoms with van der Waals surface area (Å²) < 4.78 is 0. The Kier molecular flexibility index (Phi) is 12.4. The van der Waals surface area contributed by atoms with E-state index in [1.54, 1.807) is 12.5 Å². The monoisotopic (exact) mass is 578 g/mol. The Morgan fingerprint density at radius 3 is 2.17 bits per heavy atom. The van der Waals surface area contributed by atoms with E-state index >= 15 is 0 Å². The van der Waals surface area contributed by atoms with E-state index in [4.69, 9.17) is 16.6 Å². The van der Waals surface area contributed by atoms with Crippen molar-refractivity contribution < 1.29 is 39.0 Å². The summed E-state index contributed by atoms with van der Waals surface area (Å²) in [6.45, 7) is 0. The summed E-state index contributed by atoms with van der Waals surface area (Å²) in [7, 11) is 0. The molecular formula is C25H34N6O8S. The number of carboxylic acid groups (broad SMARTS) is 2. The average Bonchev–Trinajstić information content (AvgIpc) is 3.30. The third-order valence-corrected chi connectivity index (χ3v) is 6.64. The number of aromatic nitrogens is 1. The predicted octanol–water partition coefficient (Wildman–Crippen LogP) is -0.930. The molecule has 14 nitrogen and oxygen atoms in total. The first kappa shape index (κ1) is 32.1. The van der Waals surface area contributed by atoms with Crippen molar-refractivity contribution in [2.75, 3.05) is 12.0 Å². The van der Waals surface area contributed by atoms with Gasteiger partial charge in [-0.2, -0.15) is 11.8 Å². The zero-order valence-electron chi connectivity index (χ0n) is 21.8. The van der Waals surface area contributed by atoms with Crippen molar-refractivity contribution in [3.05, 3.63) is 36.0 Å². The quantitative estimate of drug-likeness (QED) is 0.114. The predicted molar refractivity (Wildman–Crippen MR) is 147 cm³/mol. The number of thioether (sulfide) groups is 1. The first-order valence-corrected chi connectivity index (χ1v) is 13.8. The first-order valence-electron chi connectivity index (χ1n) is 12.4. The van der Waals surface area contributed by atoms with Crippen molar-refractivity contribution in [1.82, 2.24) is 20.9 Å². The van der Waals surface area contributed by atoms with Crippen LogP contribution in [0.5, 0.6) is 0 Å². The molecule has 2 aromatic rings. The van der Waals surface area contributed by atoms with E-state index in [9.17, 15) is 33.9 Å². The molecule has 0 saturated carbocycles. The maximum Gasteiger partial charge on any atom is 0.326 e. The van der Waals surface area contributed by atoms with Gasteiger partial charge in [0, 0.05) is 23.5 Å². The number of carboxylic acids is 2. The number of carbonyl (C=O) groups excluding carboxylic acids is 4. The molecule has 0 bridgehead atoms. The number of rotatable bonds is 17. The standard InChI is InChI=1S/C25H34N6O8S/c1-40-9-8-17(29-22(35)15(26)10-13-12-28-16-5-3-2-4-14(13)16)23(36)31-19(11-20(27)32)24(37)30-18(25(38)39)6-7-21(33)34/h2-5,12,15,17-19,28H,6-11,26H2,1H3,(H2,27,32)(H,29,35)(H,30,37)(H,31,36)(H,33,34)(H,38,39). The van der Waals surface area contributed by atoms with Gasteiger partial charge in [-0.1, -0.05) is 18.2 Å². The summed E-state index contributed by atoms with van der Waals surface area (Å²) >= 11 is 1.41. The number of primary amides is 1. The fourth-order valence-electron chi connectivity index (χ4n) is 3.89. The van der Waals surface area contributed by atoms with Gasteiger partial charge in [0.05, 0.1) is 12.5 Å². The van der Waals surface area contributed by atoms with E-state index in [-0.39, 0.29) is 12.8 Å². The largest absolute Gasteiger partial charge is 0.481 e. The summed E-state index contributed by atoms with van der Waals surface area (Å²) in [6, 6.07) is 2.23. The van der Waals surface area contributed by atoms with Gasteiger partial charge in [-0.25, -0.2) is 4.79 Å². The number of hydrogen-bond donors (Lipinski definition) is 8. The highest BCUT2D eigenvalue weighted by molar-refractivity contribution is 7.98. The average molecular weight is 579 g/mol. The van der Waals surface area contributed by atoms with Gasteiger partial charge in [0.1, 0.15) is 18.1 Å². The van der Waals surface area contributed by atoms with E-state index in [0.29, 0.717) is 5.75 Å². The van der Waals surface area contributed by atoms with Crippen LogP contribution in [0.4, 0.5) is 0 Å². The van der Waals surface area contributed by atoms with Crippen LogP contribution >= 0.6 is 11.8 Å². The van der Waals surface area contributed by atoms with Crippen LogP contribution in [0.25, 0.3) is 10.9 Å². The van der Waals surface area contributed by atoms with E-state index in [0.717, 1.165) is 16.5 Å². The van der Waals surface area contributed by atoms with Crippen molar-refractivity contribution in [3.63, 3.8) is 0 Å². The van der Waals surface area contributed by atoms with Gasteiger partial charge in [-0.05, 0) is 42.9 Å². The van der Waals surface area contributed by atoms with Crippen LogP contribution in [0.3, 0.4) is 0 Å². The molecule has 0 aliphatic heterocycles. The maximum absolute atomic E-state index is 13.1. The number of hydrogen-bond acceptors (Lipinski definition) is 8. The highest BCUT2D eigenvalue weighted by Gasteiger charge is 2.31. The second-order valence-electron chi connectivity index (χ2n) is 9.08. The van der Waals surface area contributed by atoms with Gasteiger partial charge in [0.2, 0.25) is 23.6 Å². The zero-order chi connectivity index (χ0) is 29.8. The fourth-order valence-corrected chi connectivity index (χ4v) is 4.37. The zero-order valence-corrected chi connectivity index (χ0v) is 22.7. The highest BCUT2D eigenvalue weighted by Crippen LogP contribution is 2.19. The normalized spacial score (nSPS) is 13.9.